The minimum absolute atomic E-state index is 0.0276. The molecule has 0 saturated heterocycles. The molecule has 1 aliphatic rings. The number of nitrogens with two attached hydrogens (primary N) is 2. The van der Waals surface area contributed by atoms with Crippen molar-refractivity contribution in [2.24, 2.45) is 34.2 Å². The van der Waals surface area contributed by atoms with E-state index in [4.69, 9.17) is 11.5 Å². The molecule has 1 amide bonds. The molecule has 0 heterocycles. The van der Waals surface area contributed by atoms with Gasteiger partial charge in [0.25, 0.3) is 0 Å². The summed E-state index contributed by atoms with van der Waals surface area (Å²) in [6.45, 7) is 5.74. The van der Waals surface area contributed by atoms with E-state index >= 15 is 0 Å². The highest BCUT2D eigenvalue weighted by Crippen LogP contribution is 2.39. The number of carboxylic acids is 1. The zero-order valence-electron chi connectivity index (χ0n) is 15.0. The second-order valence-electron chi connectivity index (χ2n) is 6.86. The molecule has 0 spiro atoms. The normalized spacial score (nSPS) is 24.6. The van der Waals surface area contributed by atoms with E-state index in [2.05, 4.69) is 24.2 Å². The number of hydrogen-bond acceptors (Lipinski definition) is 3. The Morgan fingerprint density at radius 1 is 1.21 bits per heavy atom. The number of aliphatic carboxylic acids is 1. The van der Waals surface area contributed by atoms with Gasteiger partial charge in [-0.3, -0.25) is 9.59 Å². The molecule has 1 rings (SSSR count). The maximum absolute atomic E-state index is 11.8. The average molecular weight is 340 g/mol. The molecule has 0 aliphatic heterocycles. The summed E-state index contributed by atoms with van der Waals surface area (Å²) in [5.41, 5.74) is 11.1. The molecular weight excluding hydrogens is 308 g/mol. The van der Waals surface area contributed by atoms with Gasteiger partial charge in [0, 0.05) is 18.9 Å². The lowest BCUT2D eigenvalue weighted by Gasteiger charge is -2.34. The van der Waals surface area contributed by atoms with Crippen LogP contribution in [0.1, 0.15) is 59.3 Å². The van der Waals surface area contributed by atoms with Crippen LogP contribution in [0.5, 0.6) is 0 Å². The van der Waals surface area contributed by atoms with E-state index in [1.54, 1.807) is 0 Å². The first-order valence-corrected chi connectivity index (χ1v) is 8.88. The Hall–Kier alpha value is -1.79. The predicted octanol–water partition coefficient (Wildman–Crippen LogP) is 1.46. The van der Waals surface area contributed by atoms with Gasteiger partial charge in [-0.2, -0.15) is 0 Å². The van der Waals surface area contributed by atoms with Crippen LogP contribution >= 0.6 is 0 Å². The molecule has 0 aromatic carbocycles. The molecule has 1 saturated carbocycles. The summed E-state index contributed by atoms with van der Waals surface area (Å²) in [4.78, 5) is 27.5. The molecule has 24 heavy (non-hydrogen) atoms. The average Bonchev–Trinajstić information content (AvgIpc) is 2.87. The third-order valence-corrected chi connectivity index (χ3v) is 4.90. The van der Waals surface area contributed by atoms with Gasteiger partial charge in [0.15, 0.2) is 5.96 Å². The van der Waals surface area contributed by atoms with Crippen LogP contribution < -0.4 is 16.8 Å². The van der Waals surface area contributed by atoms with Gasteiger partial charge in [-0.15, -0.1) is 0 Å². The van der Waals surface area contributed by atoms with E-state index in [1.807, 2.05) is 0 Å². The number of carbonyl (C=O) groups excluding carboxylic acids is 1. The van der Waals surface area contributed by atoms with E-state index in [9.17, 15) is 14.7 Å². The Kier molecular flexibility index (Phi) is 8.01. The summed E-state index contributed by atoms with van der Waals surface area (Å²) in [5.74, 6) is -1.17. The second kappa shape index (κ2) is 9.49. The lowest BCUT2D eigenvalue weighted by molar-refractivity contribution is -0.141. The van der Waals surface area contributed by atoms with Crippen LogP contribution in [0.3, 0.4) is 0 Å². The molecule has 0 aromatic heterocycles. The number of guanidine groups is 1. The molecule has 1 fully saturated rings. The number of nitrogens with one attached hydrogen (secondary N) is 1. The molecule has 6 N–H and O–H groups in total. The van der Waals surface area contributed by atoms with E-state index < -0.39 is 11.9 Å². The van der Waals surface area contributed by atoms with Crippen LogP contribution in [0.25, 0.3) is 0 Å². The highest BCUT2D eigenvalue weighted by atomic mass is 16.4. The lowest BCUT2D eigenvalue weighted by Crippen LogP contribution is -2.47. The van der Waals surface area contributed by atoms with Crippen LogP contribution in [0.15, 0.2) is 4.99 Å². The number of nitrogens with zero attached hydrogens (tertiary/aromatic N) is 1. The summed E-state index contributed by atoms with van der Waals surface area (Å²) in [6.07, 6.45) is 4.92. The molecule has 7 nitrogen and oxygen atoms in total. The van der Waals surface area contributed by atoms with Crippen molar-refractivity contribution < 1.29 is 14.7 Å². The van der Waals surface area contributed by atoms with Crippen molar-refractivity contribution in [3.05, 3.63) is 0 Å². The minimum Gasteiger partial charge on any atom is -0.481 e. The highest BCUT2D eigenvalue weighted by Gasteiger charge is 2.44. The quantitative estimate of drug-likeness (QED) is 0.373. The highest BCUT2D eigenvalue weighted by molar-refractivity contribution is 5.76. The monoisotopic (exact) mass is 340 g/mol. The van der Waals surface area contributed by atoms with Gasteiger partial charge in [-0.05, 0) is 31.6 Å². The van der Waals surface area contributed by atoms with Gasteiger partial charge >= 0.3 is 5.97 Å². The zero-order chi connectivity index (χ0) is 18.3. The van der Waals surface area contributed by atoms with Crippen molar-refractivity contribution in [1.29, 1.82) is 0 Å². The molecule has 0 radical (unpaired) electrons. The molecule has 4 atom stereocenters. The van der Waals surface area contributed by atoms with Crippen molar-refractivity contribution in [2.75, 3.05) is 0 Å². The van der Waals surface area contributed by atoms with Crippen molar-refractivity contribution in [2.45, 2.75) is 71.4 Å². The molecule has 138 valence electrons. The third-order valence-electron chi connectivity index (χ3n) is 4.90. The molecule has 0 aromatic rings. The Balaban J connectivity index is 3.12. The summed E-state index contributed by atoms with van der Waals surface area (Å²) >= 11 is 0. The van der Waals surface area contributed by atoms with Crippen LogP contribution in [-0.2, 0) is 9.59 Å². The minimum atomic E-state index is -0.822. The lowest BCUT2D eigenvalue weighted by atomic mass is 9.80. The first-order valence-electron chi connectivity index (χ1n) is 8.88. The van der Waals surface area contributed by atoms with Gasteiger partial charge < -0.3 is 21.9 Å². The predicted molar refractivity (Wildman–Crippen MR) is 94.4 cm³/mol. The number of hydrogen-bond donors (Lipinski definition) is 4. The Labute approximate surface area is 144 Å². The van der Waals surface area contributed by atoms with E-state index in [0.717, 1.165) is 25.7 Å². The molecule has 7 heteroatoms. The van der Waals surface area contributed by atoms with Gasteiger partial charge in [-0.25, -0.2) is 4.99 Å². The summed E-state index contributed by atoms with van der Waals surface area (Å²) < 4.78 is 0. The van der Waals surface area contributed by atoms with Crippen molar-refractivity contribution in [3.8, 4) is 0 Å². The first kappa shape index (κ1) is 20.3. The van der Waals surface area contributed by atoms with Crippen LogP contribution in [0.4, 0.5) is 0 Å². The maximum Gasteiger partial charge on any atom is 0.306 e. The van der Waals surface area contributed by atoms with Crippen LogP contribution in [0, 0.1) is 17.8 Å². The van der Waals surface area contributed by atoms with E-state index in [1.165, 1.54) is 6.92 Å². The number of carboxylic acid groups (broad SMARTS) is 1. The fourth-order valence-corrected chi connectivity index (χ4v) is 4.03. The number of aliphatic imine (C=N–C) groups is 1. The van der Waals surface area contributed by atoms with Gasteiger partial charge in [0.2, 0.25) is 5.91 Å². The maximum atomic E-state index is 11.8. The third kappa shape index (κ3) is 5.69. The molecule has 2 unspecified atom stereocenters. The Bertz CT molecular complexity index is 457. The van der Waals surface area contributed by atoms with Crippen molar-refractivity contribution >= 4 is 17.8 Å². The zero-order valence-corrected chi connectivity index (χ0v) is 15.0. The smallest absolute Gasteiger partial charge is 0.306 e. The molecular formula is C17H32N4O3. The summed E-state index contributed by atoms with van der Waals surface area (Å²) in [5, 5.41) is 12.5. The van der Waals surface area contributed by atoms with Crippen LogP contribution in [0.2, 0.25) is 0 Å². The topological polar surface area (TPSA) is 131 Å². The fraction of sp³-hybridized carbons (Fsp3) is 0.824. The van der Waals surface area contributed by atoms with Crippen molar-refractivity contribution in [3.63, 3.8) is 0 Å². The van der Waals surface area contributed by atoms with Gasteiger partial charge in [0.1, 0.15) is 0 Å². The number of rotatable bonds is 9. The molecule has 0 bridgehead atoms. The first-order chi connectivity index (χ1) is 11.3. The fourth-order valence-electron chi connectivity index (χ4n) is 4.03. The summed E-state index contributed by atoms with van der Waals surface area (Å²) in [6, 6.07) is -0.357. The standard InChI is InChI=1S/C17H32N4O3/c1-4-6-11(7-5-2)15(20-10(3)22)13-8-12(16(23)24)9-14(13)21-17(18)19/h11-15H,4-9H2,1-3H3,(H,20,22)(H,23,24)(H4,18,19,21)/t12?,13-,14-,15?/m1/s1. The van der Waals surface area contributed by atoms with Crippen LogP contribution in [-0.4, -0.2) is 35.0 Å². The van der Waals surface area contributed by atoms with E-state index in [0.29, 0.717) is 18.8 Å². The Morgan fingerprint density at radius 3 is 2.21 bits per heavy atom. The number of carbonyl (C=O) groups is 2. The Morgan fingerprint density at radius 2 is 1.79 bits per heavy atom. The van der Waals surface area contributed by atoms with Gasteiger partial charge in [0.05, 0.1) is 12.0 Å². The second-order valence-corrected chi connectivity index (χ2v) is 6.86. The van der Waals surface area contributed by atoms with Crippen molar-refractivity contribution in [1.82, 2.24) is 5.32 Å². The number of amides is 1. The van der Waals surface area contributed by atoms with Gasteiger partial charge in [-0.1, -0.05) is 26.7 Å². The summed E-state index contributed by atoms with van der Waals surface area (Å²) in [7, 11) is 0. The molecule has 1 aliphatic carbocycles. The SMILES string of the molecule is CCCC(CCC)C(NC(C)=O)[C@@H]1CC(C(=O)O)C[C@H]1N=C(N)N. The largest absolute Gasteiger partial charge is 0.481 e. The van der Waals surface area contributed by atoms with E-state index in [-0.39, 0.29) is 29.9 Å².